The van der Waals surface area contributed by atoms with Crippen molar-refractivity contribution < 1.29 is 9.63 Å². The van der Waals surface area contributed by atoms with E-state index in [0.29, 0.717) is 11.8 Å². The van der Waals surface area contributed by atoms with E-state index in [9.17, 15) is 4.79 Å². The number of aromatic nitrogens is 2. The van der Waals surface area contributed by atoms with E-state index in [2.05, 4.69) is 27.4 Å². The first-order valence-electron chi connectivity index (χ1n) is 11.3. The number of oxime groups is 1. The molecule has 158 valence electrons. The first-order chi connectivity index (χ1) is 14.1. The van der Waals surface area contributed by atoms with Crippen molar-refractivity contribution in [3.63, 3.8) is 0 Å². The maximum absolute atomic E-state index is 13.0. The number of nitrogens with one attached hydrogen (secondary N) is 1. The van der Waals surface area contributed by atoms with Gasteiger partial charge < -0.3 is 10.2 Å². The molecule has 2 aliphatic heterocycles. The van der Waals surface area contributed by atoms with Gasteiger partial charge in [-0.3, -0.25) is 14.4 Å². The van der Waals surface area contributed by atoms with Crippen LogP contribution >= 0.6 is 0 Å². The Morgan fingerprint density at radius 3 is 2.69 bits per heavy atom. The molecule has 1 amide bonds. The van der Waals surface area contributed by atoms with E-state index in [0.717, 1.165) is 58.2 Å². The normalized spacial score (nSPS) is 29.1. The van der Waals surface area contributed by atoms with Crippen molar-refractivity contribution in [2.45, 2.75) is 77.0 Å². The van der Waals surface area contributed by atoms with E-state index in [1.807, 2.05) is 17.9 Å². The molecule has 0 radical (unpaired) electrons. The number of carbonyl (C=O) groups excluding carboxylic acids is 1. The molecular formula is C22H33N5O2. The van der Waals surface area contributed by atoms with Gasteiger partial charge in [0.25, 0.3) is 5.91 Å². The summed E-state index contributed by atoms with van der Waals surface area (Å²) in [7, 11) is 2.00. The zero-order chi connectivity index (χ0) is 20.0. The number of carbonyl (C=O) groups is 1. The van der Waals surface area contributed by atoms with Crippen molar-refractivity contribution >= 4 is 11.6 Å². The second kappa shape index (κ2) is 7.42. The van der Waals surface area contributed by atoms with Gasteiger partial charge >= 0.3 is 0 Å². The fraction of sp³-hybridized carbons (Fsp3) is 0.773. The van der Waals surface area contributed by atoms with Gasteiger partial charge in [-0.05, 0) is 64.0 Å². The van der Waals surface area contributed by atoms with E-state index in [1.54, 1.807) is 0 Å². The topological polar surface area (TPSA) is 71.8 Å². The van der Waals surface area contributed by atoms with Crippen LogP contribution in [-0.4, -0.2) is 51.5 Å². The van der Waals surface area contributed by atoms with Gasteiger partial charge in [-0.15, -0.1) is 0 Å². The number of hydrogen-bond acceptors (Lipinski definition) is 5. The quantitative estimate of drug-likeness (QED) is 0.845. The summed E-state index contributed by atoms with van der Waals surface area (Å²) in [4.78, 5) is 21.3. The van der Waals surface area contributed by atoms with Crippen LogP contribution in [0.4, 0.5) is 0 Å². The SMILES string of the molecule is Cc1c(CN2CCC3(CC[C@@H]4ON=C(C(=O)NC5CCCC5)[C@@H]43)CC2)cnn1C. The van der Waals surface area contributed by atoms with Crippen LogP contribution in [0.5, 0.6) is 0 Å². The lowest BCUT2D eigenvalue weighted by Gasteiger charge is -2.42. The first-order valence-corrected chi connectivity index (χ1v) is 11.3. The molecule has 1 spiro atoms. The third kappa shape index (κ3) is 3.37. The number of aryl methyl sites for hydroxylation is 1. The largest absolute Gasteiger partial charge is 0.391 e. The van der Waals surface area contributed by atoms with Gasteiger partial charge in [0, 0.05) is 30.9 Å². The molecule has 1 N–H and O–H groups in total. The number of likely N-dealkylation sites (tertiary alicyclic amines) is 1. The third-order valence-corrected chi connectivity index (χ3v) is 8.05. The number of piperidine rings is 1. The molecule has 7 heteroatoms. The van der Waals surface area contributed by atoms with Crippen LogP contribution in [0.15, 0.2) is 11.4 Å². The molecule has 4 aliphatic rings. The van der Waals surface area contributed by atoms with Gasteiger partial charge in [-0.25, -0.2) is 0 Å². The second-order valence-corrected chi connectivity index (χ2v) is 9.61. The maximum Gasteiger partial charge on any atom is 0.269 e. The van der Waals surface area contributed by atoms with Gasteiger partial charge in [0.1, 0.15) is 6.10 Å². The summed E-state index contributed by atoms with van der Waals surface area (Å²) in [6.45, 7) is 5.23. The molecule has 0 unspecified atom stereocenters. The predicted molar refractivity (Wildman–Crippen MR) is 110 cm³/mol. The van der Waals surface area contributed by atoms with Crippen molar-refractivity contribution in [1.29, 1.82) is 0 Å². The zero-order valence-electron chi connectivity index (χ0n) is 17.7. The zero-order valence-corrected chi connectivity index (χ0v) is 17.7. The van der Waals surface area contributed by atoms with Crippen LogP contribution in [0.2, 0.25) is 0 Å². The minimum absolute atomic E-state index is 0.0269. The van der Waals surface area contributed by atoms with Crippen LogP contribution in [0.1, 0.15) is 62.6 Å². The van der Waals surface area contributed by atoms with E-state index in [4.69, 9.17) is 4.84 Å². The highest BCUT2D eigenvalue weighted by molar-refractivity contribution is 6.40. The van der Waals surface area contributed by atoms with Gasteiger partial charge in [-0.2, -0.15) is 5.10 Å². The fourth-order valence-electron chi connectivity index (χ4n) is 6.08. The molecule has 2 saturated carbocycles. The van der Waals surface area contributed by atoms with Crippen molar-refractivity contribution in [3.8, 4) is 0 Å². The minimum atomic E-state index is 0.0269. The number of hydrogen-bond donors (Lipinski definition) is 1. The average Bonchev–Trinajstić information content (AvgIpc) is 3.49. The Labute approximate surface area is 172 Å². The summed E-state index contributed by atoms with van der Waals surface area (Å²) >= 11 is 0. The molecule has 1 aromatic rings. The number of amides is 1. The van der Waals surface area contributed by atoms with E-state index >= 15 is 0 Å². The van der Waals surface area contributed by atoms with Crippen molar-refractivity contribution in [2.75, 3.05) is 13.1 Å². The molecule has 2 aliphatic carbocycles. The van der Waals surface area contributed by atoms with Gasteiger partial charge in [0.05, 0.1) is 12.1 Å². The van der Waals surface area contributed by atoms with Crippen LogP contribution in [0, 0.1) is 18.3 Å². The first kappa shape index (κ1) is 19.1. The lowest BCUT2D eigenvalue weighted by atomic mass is 9.68. The Balaban J connectivity index is 1.24. The van der Waals surface area contributed by atoms with Crippen LogP contribution < -0.4 is 5.32 Å². The molecule has 3 fully saturated rings. The Morgan fingerprint density at radius 2 is 2.00 bits per heavy atom. The lowest BCUT2D eigenvalue weighted by molar-refractivity contribution is -0.115. The highest BCUT2D eigenvalue weighted by Gasteiger charge is 2.57. The molecule has 3 heterocycles. The van der Waals surface area contributed by atoms with Crippen molar-refractivity contribution in [3.05, 3.63) is 17.5 Å². The molecule has 1 saturated heterocycles. The third-order valence-electron chi connectivity index (χ3n) is 8.05. The Kier molecular flexibility index (Phi) is 4.88. The number of rotatable bonds is 4. The van der Waals surface area contributed by atoms with Crippen LogP contribution in [0.25, 0.3) is 0 Å². The van der Waals surface area contributed by atoms with Gasteiger partial charge in [0.2, 0.25) is 0 Å². The Hall–Kier alpha value is -1.89. The molecule has 5 rings (SSSR count). The highest BCUT2D eigenvalue weighted by atomic mass is 16.6. The fourth-order valence-corrected chi connectivity index (χ4v) is 6.08. The van der Waals surface area contributed by atoms with Crippen LogP contribution in [0.3, 0.4) is 0 Å². The lowest BCUT2D eigenvalue weighted by Crippen LogP contribution is -2.48. The van der Waals surface area contributed by atoms with Crippen LogP contribution in [-0.2, 0) is 23.2 Å². The van der Waals surface area contributed by atoms with Crippen molar-refractivity contribution in [1.82, 2.24) is 20.0 Å². The molecule has 2 atom stereocenters. The summed E-state index contributed by atoms with van der Waals surface area (Å²) in [6, 6.07) is 0.325. The van der Waals surface area contributed by atoms with E-state index < -0.39 is 0 Å². The molecular weight excluding hydrogens is 366 g/mol. The molecule has 7 nitrogen and oxygen atoms in total. The Morgan fingerprint density at radius 1 is 1.24 bits per heavy atom. The molecule has 0 aromatic carbocycles. The average molecular weight is 400 g/mol. The molecule has 0 bridgehead atoms. The summed E-state index contributed by atoms with van der Waals surface area (Å²) < 4.78 is 1.95. The van der Waals surface area contributed by atoms with Gasteiger partial charge in [-0.1, -0.05) is 18.0 Å². The number of nitrogens with zero attached hydrogens (tertiary/aromatic N) is 4. The monoisotopic (exact) mass is 399 g/mol. The summed E-state index contributed by atoms with van der Waals surface area (Å²) in [5.74, 6) is 0.199. The summed E-state index contributed by atoms with van der Waals surface area (Å²) in [5.41, 5.74) is 3.41. The smallest absolute Gasteiger partial charge is 0.269 e. The second-order valence-electron chi connectivity index (χ2n) is 9.61. The number of fused-ring (bicyclic) bond motifs is 2. The maximum atomic E-state index is 13.0. The predicted octanol–water partition coefficient (Wildman–Crippen LogP) is 2.53. The Bertz CT molecular complexity index is 802. The molecule has 29 heavy (non-hydrogen) atoms. The molecule has 1 aromatic heterocycles. The summed E-state index contributed by atoms with van der Waals surface area (Å²) in [6.07, 6.45) is 11.1. The van der Waals surface area contributed by atoms with E-state index in [-0.39, 0.29) is 23.3 Å². The summed E-state index contributed by atoms with van der Waals surface area (Å²) in [5, 5.41) is 11.9. The standard InChI is InChI=1S/C22H33N5O2/c1-15-16(13-23-26(15)2)14-27-11-9-22(10-12-27)8-7-18-19(22)20(25-29-18)21(28)24-17-5-3-4-6-17/h13,17-19H,3-12,14H2,1-2H3,(H,24,28)/t18-,19+/m0/s1. The minimum Gasteiger partial charge on any atom is -0.391 e. The van der Waals surface area contributed by atoms with Gasteiger partial charge in [0.15, 0.2) is 5.71 Å². The van der Waals surface area contributed by atoms with E-state index in [1.165, 1.54) is 24.1 Å². The highest BCUT2D eigenvalue weighted by Crippen LogP contribution is 2.54. The van der Waals surface area contributed by atoms with Crippen molar-refractivity contribution in [2.24, 2.45) is 23.5 Å².